The molecule has 116 valence electrons. The van der Waals surface area contributed by atoms with Crippen LogP contribution in [0.3, 0.4) is 0 Å². The fraction of sp³-hybridized carbons (Fsp3) is 0.471. The first-order chi connectivity index (χ1) is 10.6. The van der Waals surface area contributed by atoms with E-state index in [1.807, 2.05) is 38.1 Å². The zero-order valence-corrected chi connectivity index (χ0v) is 13.2. The molecule has 1 amide bonds. The van der Waals surface area contributed by atoms with Crippen LogP contribution in [0, 0.1) is 13.8 Å². The predicted molar refractivity (Wildman–Crippen MR) is 85.2 cm³/mol. The molecule has 0 radical (unpaired) electrons. The van der Waals surface area contributed by atoms with E-state index < -0.39 is 0 Å². The molecule has 1 aromatic carbocycles. The van der Waals surface area contributed by atoms with Crippen molar-refractivity contribution in [1.82, 2.24) is 20.3 Å². The molecule has 1 aliphatic rings. The molecule has 3 rings (SSSR count). The highest BCUT2D eigenvalue weighted by molar-refractivity contribution is 5.93. The Morgan fingerprint density at radius 3 is 2.68 bits per heavy atom. The fourth-order valence-electron chi connectivity index (χ4n) is 2.96. The summed E-state index contributed by atoms with van der Waals surface area (Å²) in [6.45, 7) is 3.85. The lowest BCUT2D eigenvalue weighted by atomic mass is 9.95. The van der Waals surface area contributed by atoms with Crippen LogP contribution in [0.4, 0.5) is 0 Å². The normalized spacial score (nSPS) is 15.7. The largest absolute Gasteiger partial charge is 0.348 e. The molecule has 22 heavy (non-hydrogen) atoms. The number of hydrogen-bond acceptors (Lipinski definition) is 3. The van der Waals surface area contributed by atoms with Gasteiger partial charge in [-0.25, -0.2) is 0 Å². The molecule has 5 heteroatoms. The maximum atomic E-state index is 12.4. The molecule has 1 saturated carbocycles. The molecule has 0 atom stereocenters. The van der Waals surface area contributed by atoms with Crippen LogP contribution in [-0.4, -0.2) is 26.9 Å². The molecule has 0 aliphatic heterocycles. The first kappa shape index (κ1) is 14.8. The number of hydrogen-bond donors (Lipinski definition) is 1. The molecule has 0 saturated heterocycles. The third kappa shape index (κ3) is 3.18. The van der Waals surface area contributed by atoms with Gasteiger partial charge in [0, 0.05) is 6.04 Å². The summed E-state index contributed by atoms with van der Waals surface area (Å²) in [5.41, 5.74) is 3.10. The minimum absolute atomic E-state index is 0.108. The van der Waals surface area contributed by atoms with E-state index in [0.717, 1.165) is 24.1 Å². The van der Waals surface area contributed by atoms with Gasteiger partial charge in [-0.1, -0.05) is 31.4 Å². The van der Waals surface area contributed by atoms with Gasteiger partial charge >= 0.3 is 0 Å². The van der Waals surface area contributed by atoms with Crippen molar-refractivity contribution in [3.8, 4) is 5.69 Å². The number of rotatable bonds is 3. The second kappa shape index (κ2) is 6.30. The minimum atomic E-state index is -0.108. The Balaban J connectivity index is 1.78. The summed E-state index contributed by atoms with van der Waals surface area (Å²) in [5.74, 6) is -0.108. The Morgan fingerprint density at radius 2 is 1.95 bits per heavy atom. The van der Waals surface area contributed by atoms with Gasteiger partial charge < -0.3 is 5.32 Å². The van der Waals surface area contributed by atoms with Gasteiger partial charge in [-0.2, -0.15) is 9.90 Å². The lowest BCUT2D eigenvalue weighted by Crippen LogP contribution is -2.36. The van der Waals surface area contributed by atoms with Gasteiger partial charge in [0.1, 0.15) is 0 Å². The van der Waals surface area contributed by atoms with Gasteiger partial charge in [-0.3, -0.25) is 4.79 Å². The van der Waals surface area contributed by atoms with Crippen molar-refractivity contribution in [2.45, 2.75) is 52.0 Å². The molecule has 1 aliphatic carbocycles. The Kier molecular flexibility index (Phi) is 4.22. The summed E-state index contributed by atoms with van der Waals surface area (Å²) in [5, 5.41) is 11.9. The van der Waals surface area contributed by atoms with E-state index in [0.29, 0.717) is 11.4 Å². The highest BCUT2D eigenvalue weighted by Gasteiger charge is 2.21. The molecule has 1 fully saturated rings. The first-order valence-corrected chi connectivity index (χ1v) is 7.95. The number of nitrogens with zero attached hydrogens (tertiary/aromatic N) is 3. The van der Waals surface area contributed by atoms with Crippen LogP contribution in [-0.2, 0) is 0 Å². The molecule has 1 N–H and O–H groups in total. The second-order valence-corrected chi connectivity index (χ2v) is 6.07. The molecule has 1 aromatic heterocycles. The van der Waals surface area contributed by atoms with Crippen molar-refractivity contribution in [3.63, 3.8) is 0 Å². The Hall–Kier alpha value is -2.17. The number of benzene rings is 1. The highest BCUT2D eigenvalue weighted by Crippen LogP contribution is 2.18. The van der Waals surface area contributed by atoms with Crippen molar-refractivity contribution in [1.29, 1.82) is 0 Å². The van der Waals surface area contributed by atoms with Crippen molar-refractivity contribution in [3.05, 3.63) is 41.2 Å². The molecule has 2 aromatic rings. The summed E-state index contributed by atoms with van der Waals surface area (Å²) in [6, 6.07) is 8.21. The number of aromatic nitrogens is 3. The lowest BCUT2D eigenvalue weighted by molar-refractivity contribution is 0.0921. The quantitative estimate of drug-likeness (QED) is 0.947. The lowest BCUT2D eigenvalue weighted by Gasteiger charge is -2.22. The van der Waals surface area contributed by atoms with Crippen molar-refractivity contribution in [2.24, 2.45) is 0 Å². The monoisotopic (exact) mass is 298 g/mol. The predicted octanol–water partition coefficient (Wildman–Crippen LogP) is 2.95. The van der Waals surface area contributed by atoms with Crippen LogP contribution in [0.5, 0.6) is 0 Å². The van der Waals surface area contributed by atoms with Crippen LogP contribution >= 0.6 is 0 Å². The first-order valence-electron chi connectivity index (χ1n) is 7.95. The van der Waals surface area contributed by atoms with Crippen LogP contribution in [0.2, 0.25) is 0 Å². The molecule has 5 nitrogen and oxygen atoms in total. The standard InChI is InChI=1S/C17H22N4O/c1-12-7-6-10-15(11-12)21-19-13(2)16(20-21)17(22)18-14-8-4-3-5-9-14/h6-7,10-11,14H,3-5,8-9H2,1-2H3,(H,18,22). The summed E-state index contributed by atoms with van der Waals surface area (Å²) in [4.78, 5) is 14.0. The van der Waals surface area contributed by atoms with E-state index in [9.17, 15) is 4.79 Å². The average Bonchev–Trinajstić information content (AvgIpc) is 2.90. The van der Waals surface area contributed by atoms with Gasteiger partial charge in [-0.15, -0.1) is 5.10 Å². The Bertz CT molecular complexity index is 671. The summed E-state index contributed by atoms with van der Waals surface area (Å²) in [6.07, 6.45) is 5.79. The zero-order chi connectivity index (χ0) is 15.5. The summed E-state index contributed by atoms with van der Waals surface area (Å²) < 4.78 is 0. The van der Waals surface area contributed by atoms with Gasteiger partial charge in [0.15, 0.2) is 5.69 Å². The molecular weight excluding hydrogens is 276 g/mol. The van der Waals surface area contributed by atoms with Crippen LogP contribution in [0.25, 0.3) is 5.69 Å². The topological polar surface area (TPSA) is 59.8 Å². The van der Waals surface area contributed by atoms with E-state index in [-0.39, 0.29) is 11.9 Å². The minimum Gasteiger partial charge on any atom is -0.348 e. The van der Waals surface area contributed by atoms with Crippen molar-refractivity contribution < 1.29 is 4.79 Å². The van der Waals surface area contributed by atoms with Gasteiger partial charge in [-0.05, 0) is 44.4 Å². The van der Waals surface area contributed by atoms with E-state index in [1.54, 1.807) is 0 Å². The summed E-state index contributed by atoms with van der Waals surface area (Å²) in [7, 11) is 0. The van der Waals surface area contributed by atoms with E-state index >= 15 is 0 Å². The number of carbonyl (C=O) groups excluding carboxylic acids is 1. The van der Waals surface area contributed by atoms with Crippen LogP contribution in [0.15, 0.2) is 24.3 Å². The van der Waals surface area contributed by atoms with Gasteiger partial charge in [0.2, 0.25) is 0 Å². The van der Waals surface area contributed by atoms with Gasteiger partial charge in [0.05, 0.1) is 11.4 Å². The van der Waals surface area contributed by atoms with E-state index in [2.05, 4.69) is 15.5 Å². The third-order valence-electron chi connectivity index (χ3n) is 4.17. The van der Waals surface area contributed by atoms with Crippen molar-refractivity contribution in [2.75, 3.05) is 0 Å². The molecule has 1 heterocycles. The third-order valence-corrected chi connectivity index (χ3v) is 4.17. The van der Waals surface area contributed by atoms with E-state index in [1.165, 1.54) is 24.1 Å². The van der Waals surface area contributed by atoms with Crippen LogP contribution in [0.1, 0.15) is 53.8 Å². The molecule has 0 bridgehead atoms. The average molecular weight is 298 g/mol. The summed E-state index contributed by atoms with van der Waals surface area (Å²) >= 11 is 0. The Morgan fingerprint density at radius 1 is 1.18 bits per heavy atom. The Labute approximate surface area is 130 Å². The second-order valence-electron chi connectivity index (χ2n) is 6.07. The zero-order valence-electron chi connectivity index (χ0n) is 13.2. The number of amides is 1. The number of nitrogens with one attached hydrogen (secondary N) is 1. The number of aryl methyl sites for hydroxylation is 2. The van der Waals surface area contributed by atoms with Crippen molar-refractivity contribution >= 4 is 5.91 Å². The SMILES string of the molecule is Cc1cccc(-n2nc(C)c(C(=O)NC3CCCCC3)n2)c1. The molecular formula is C17H22N4O. The van der Waals surface area contributed by atoms with Gasteiger partial charge in [0.25, 0.3) is 5.91 Å². The fourth-order valence-corrected chi connectivity index (χ4v) is 2.96. The maximum absolute atomic E-state index is 12.4. The van der Waals surface area contributed by atoms with E-state index in [4.69, 9.17) is 0 Å². The molecule has 0 unspecified atom stereocenters. The van der Waals surface area contributed by atoms with Crippen LogP contribution < -0.4 is 5.32 Å². The smallest absolute Gasteiger partial charge is 0.273 e. The molecule has 0 spiro atoms. The number of carbonyl (C=O) groups is 1. The maximum Gasteiger partial charge on any atom is 0.273 e. The highest BCUT2D eigenvalue weighted by atomic mass is 16.2.